The summed E-state index contributed by atoms with van der Waals surface area (Å²) < 4.78 is 0. The molecule has 0 bridgehead atoms. The van der Waals surface area contributed by atoms with Gasteiger partial charge in [-0.15, -0.1) is 11.3 Å². The summed E-state index contributed by atoms with van der Waals surface area (Å²) in [5.74, 6) is 0.604. The van der Waals surface area contributed by atoms with Crippen LogP contribution in [0, 0.1) is 5.41 Å². The first-order valence-electron chi connectivity index (χ1n) is 8.84. The molecule has 3 rings (SSSR count). The van der Waals surface area contributed by atoms with Gasteiger partial charge in [0.15, 0.2) is 0 Å². The number of benzene rings is 1. The van der Waals surface area contributed by atoms with Crippen LogP contribution in [0.15, 0.2) is 35.4 Å². The number of thiazole rings is 1. The first kappa shape index (κ1) is 18.9. The van der Waals surface area contributed by atoms with E-state index >= 15 is 0 Å². The molecule has 26 heavy (non-hydrogen) atoms. The van der Waals surface area contributed by atoms with Crippen LogP contribution in [-0.2, 0) is 0 Å². The van der Waals surface area contributed by atoms with Crippen LogP contribution < -0.4 is 4.90 Å². The Balaban J connectivity index is 1.74. The molecular weight excluding hydrogens is 368 g/mol. The van der Waals surface area contributed by atoms with E-state index in [1.165, 1.54) is 16.2 Å². The highest BCUT2D eigenvalue weighted by atomic mass is 35.5. The van der Waals surface area contributed by atoms with Crippen molar-refractivity contribution in [1.82, 2.24) is 9.88 Å². The molecule has 0 saturated carbocycles. The molecule has 0 spiro atoms. The highest BCUT2D eigenvalue weighted by Crippen LogP contribution is 2.32. The lowest BCUT2D eigenvalue weighted by atomic mass is 10.2. The lowest BCUT2D eigenvalue weighted by molar-refractivity contribution is -0.895. The zero-order valence-corrected chi connectivity index (χ0v) is 16.6. The number of nitrogens with zero attached hydrogens (tertiary/aromatic N) is 2. The Hall–Kier alpha value is -1.89. The Bertz CT molecular complexity index is 811. The van der Waals surface area contributed by atoms with Crippen molar-refractivity contribution in [2.24, 2.45) is 0 Å². The van der Waals surface area contributed by atoms with E-state index in [4.69, 9.17) is 17.0 Å². The van der Waals surface area contributed by atoms with Gasteiger partial charge in [0, 0.05) is 16.0 Å². The maximum atomic E-state index is 10.4. The molecule has 5 nitrogen and oxygen atoms in total. The van der Waals surface area contributed by atoms with Crippen molar-refractivity contribution in [3.8, 4) is 11.3 Å². The SMILES string of the molecule is CC[NH+](CC)CCN1CC(O)=C(c2nc(-c3ccc(Cl)cc3)cs2)C1=N. The number of rotatable bonds is 7. The first-order chi connectivity index (χ1) is 12.5. The minimum atomic E-state index is 0.238. The van der Waals surface area contributed by atoms with E-state index in [1.54, 1.807) is 0 Å². The maximum absolute atomic E-state index is 10.4. The minimum Gasteiger partial charge on any atom is -0.510 e. The van der Waals surface area contributed by atoms with Crippen molar-refractivity contribution < 1.29 is 10.0 Å². The second-order valence-corrected chi connectivity index (χ2v) is 7.64. The lowest BCUT2D eigenvalue weighted by Gasteiger charge is -2.22. The van der Waals surface area contributed by atoms with Crippen molar-refractivity contribution in [3.05, 3.63) is 45.4 Å². The van der Waals surface area contributed by atoms with Gasteiger partial charge >= 0.3 is 0 Å². The van der Waals surface area contributed by atoms with Gasteiger partial charge in [-0.25, -0.2) is 4.98 Å². The summed E-state index contributed by atoms with van der Waals surface area (Å²) in [6, 6.07) is 7.52. The van der Waals surface area contributed by atoms with Gasteiger partial charge < -0.3 is 14.9 Å². The van der Waals surface area contributed by atoms with Gasteiger partial charge in [-0.05, 0) is 26.0 Å². The van der Waals surface area contributed by atoms with Gasteiger partial charge in [0.05, 0.1) is 44.0 Å². The lowest BCUT2D eigenvalue weighted by Crippen LogP contribution is -3.12. The van der Waals surface area contributed by atoms with Crippen LogP contribution in [0.5, 0.6) is 0 Å². The summed E-state index contributed by atoms with van der Waals surface area (Å²) in [6.07, 6.45) is 0. The molecule has 0 fully saturated rings. The predicted octanol–water partition coefficient (Wildman–Crippen LogP) is 2.95. The third-order valence-electron chi connectivity index (χ3n) is 4.78. The van der Waals surface area contributed by atoms with Crippen LogP contribution in [0.1, 0.15) is 18.9 Å². The Morgan fingerprint density at radius 1 is 1.27 bits per heavy atom. The molecule has 2 heterocycles. The molecule has 1 aromatic heterocycles. The van der Waals surface area contributed by atoms with Gasteiger partial charge in [-0.1, -0.05) is 23.7 Å². The molecule has 0 atom stereocenters. The molecule has 0 amide bonds. The second kappa shape index (κ2) is 8.20. The van der Waals surface area contributed by atoms with Crippen LogP contribution in [0.25, 0.3) is 16.8 Å². The molecule has 1 aromatic carbocycles. The Morgan fingerprint density at radius 2 is 1.96 bits per heavy atom. The number of nitrogens with one attached hydrogen (secondary N) is 2. The molecule has 2 aromatic rings. The summed E-state index contributed by atoms with van der Waals surface area (Å²) in [5, 5.41) is 22.2. The third-order valence-corrected chi connectivity index (χ3v) is 5.89. The molecular formula is C19H24ClN4OS+. The number of hydrogen-bond acceptors (Lipinski definition) is 4. The van der Waals surface area contributed by atoms with Gasteiger partial charge in [0.1, 0.15) is 16.6 Å². The number of hydrogen-bond donors (Lipinski definition) is 3. The molecule has 0 saturated heterocycles. The van der Waals surface area contributed by atoms with E-state index in [0.717, 1.165) is 37.4 Å². The number of halogens is 1. The zero-order valence-electron chi connectivity index (χ0n) is 15.1. The number of amidine groups is 1. The Morgan fingerprint density at radius 3 is 2.62 bits per heavy atom. The molecule has 1 aliphatic heterocycles. The van der Waals surface area contributed by atoms with Crippen molar-refractivity contribution in [1.29, 1.82) is 5.41 Å². The fraction of sp³-hybridized carbons (Fsp3) is 0.368. The maximum Gasteiger partial charge on any atom is 0.135 e. The summed E-state index contributed by atoms with van der Waals surface area (Å²) in [5.41, 5.74) is 2.37. The highest BCUT2D eigenvalue weighted by molar-refractivity contribution is 7.11. The number of aromatic nitrogens is 1. The number of likely N-dealkylation sites (N-methyl/N-ethyl adjacent to an activating group) is 1. The minimum absolute atomic E-state index is 0.238. The fourth-order valence-electron chi connectivity index (χ4n) is 3.09. The normalized spacial score (nSPS) is 14.8. The van der Waals surface area contributed by atoms with Crippen LogP contribution >= 0.6 is 22.9 Å². The van der Waals surface area contributed by atoms with Crippen molar-refractivity contribution in [2.75, 3.05) is 32.7 Å². The van der Waals surface area contributed by atoms with Gasteiger partial charge in [0.25, 0.3) is 0 Å². The second-order valence-electron chi connectivity index (χ2n) is 6.34. The van der Waals surface area contributed by atoms with Gasteiger partial charge in [-0.2, -0.15) is 0 Å². The van der Waals surface area contributed by atoms with E-state index in [0.29, 0.717) is 28.0 Å². The van der Waals surface area contributed by atoms with Gasteiger partial charge in [-0.3, -0.25) is 5.41 Å². The first-order valence-corrected chi connectivity index (χ1v) is 10.1. The third kappa shape index (κ3) is 3.92. The molecule has 7 heteroatoms. The Kier molecular flexibility index (Phi) is 5.96. The quantitative estimate of drug-likeness (QED) is 0.679. The summed E-state index contributed by atoms with van der Waals surface area (Å²) >= 11 is 7.40. The summed E-state index contributed by atoms with van der Waals surface area (Å²) in [7, 11) is 0. The predicted molar refractivity (Wildman–Crippen MR) is 108 cm³/mol. The van der Waals surface area contributed by atoms with Crippen LogP contribution in [0.4, 0.5) is 0 Å². The number of quaternary nitrogens is 1. The van der Waals surface area contributed by atoms with Crippen molar-refractivity contribution in [3.63, 3.8) is 0 Å². The molecule has 1 aliphatic rings. The van der Waals surface area contributed by atoms with E-state index in [2.05, 4.69) is 18.8 Å². The van der Waals surface area contributed by atoms with E-state index in [9.17, 15) is 5.11 Å². The van der Waals surface area contributed by atoms with Crippen molar-refractivity contribution in [2.45, 2.75) is 13.8 Å². The van der Waals surface area contributed by atoms with E-state index < -0.39 is 0 Å². The molecule has 138 valence electrons. The van der Waals surface area contributed by atoms with Crippen LogP contribution in [0.2, 0.25) is 5.02 Å². The standard InChI is InChI=1S/C19H23ClN4OS/c1-3-23(4-2)9-10-24-11-16(25)17(18(24)21)19-22-15(12-26-19)13-5-7-14(20)8-6-13/h5-8,12,21,25H,3-4,9-11H2,1-2H3/p+1. The summed E-state index contributed by atoms with van der Waals surface area (Å²) in [6.45, 7) is 8.60. The zero-order chi connectivity index (χ0) is 18.7. The van der Waals surface area contributed by atoms with Crippen LogP contribution in [0.3, 0.4) is 0 Å². The summed E-state index contributed by atoms with van der Waals surface area (Å²) in [4.78, 5) is 8.06. The topological polar surface area (TPSA) is 64.7 Å². The molecule has 0 aliphatic carbocycles. The Labute approximate surface area is 163 Å². The van der Waals surface area contributed by atoms with E-state index in [-0.39, 0.29) is 5.76 Å². The van der Waals surface area contributed by atoms with Crippen molar-refractivity contribution >= 4 is 34.3 Å². The van der Waals surface area contributed by atoms with Crippen LogP contribution in [-0.4, -0.2) is 53.5 Å². The van der Waals surface area contributed by atoms with E-state index in [1.807, 2.05) is 34.5 Å². The molecule has 3 N–H and O–H groups in total. The number of aliphatic hydroxyl groups excluding tert-OH is 1. The smallest absolute Gasteiger partial charge is 0.135 e. The largest absolute Gasteiger partial charge is 0.510 e. The molecule has 0 unspecified atom stereocenters. The fourth-order valence-corrected chi connectivity index (χ4v) is 4.11. The number of aliphatic hydroxyl groups is 1. The monoisotopic (exact) mass is 391 g/mol. The average molecular weight is 392 g/mol. The average Bonchev–Trinajstić information content (AvgIpc) is 3.21. The van der Waals surface area contributed by atoms with Gasteiger partial charge in [0.2, 0.25) is 0 Å². The highest BCUT2D eigenvalue weighted by Gasteiger charge is 2.30. The molecule has 0 radical (unpaired) electrons.